The summed E-state index contributed by atoms with van der Waals surface area (Å²) in [5, 5.41) is 7.31. The first-order valence-electron chi connectivity index (χ1n) is 3.47. The van der Waals surface area contributed by atoms with Gasteiger partial charge in [-0.2, -0.15) is 0 Å². The van der Waals surface area contributed by atoms with E-state index in [1.165, 1.54) is 0 Å². The number of hydrogen-bond acceptors (Lipinski definition) is 4. The number of anilines is 1. The Balaban J connectivity index is 2.15. The van der Waals surface area contributed by atoms with Crippen LogP contribution in [-0.4, -0.2) is 19.9 Å². The summed E-state index contributed by atoms with van der Waals surface area (Å²) in [7, 11) is 0. The highest BCUT2D eigenvalue weighted by atomic mass is 15.5. The molecule has 60 valence electrons. The number of rotatable bonds is 2. The SMILES string of the molecule is c1cc(Nn2cnnc2)ccn1. The molecule has 0 spiro atoms. The van der Waals surface area contributed by atoms with Gasteiger partial charge in [0.25, 0.3) is 0 Å². The van der Waals surface area contributed by atoms with Crippen LogP contribution in [0.4, 0.5) is 5.69 Å². The average Bonchev–Trinajstić information content (AvgIpc) is 2.59. The number of pyridine rings is 1. The third-order valence-electron chi connectivity index (χ3n) is 1.36. The predicted octanol–water partition coefficient (Wildman–Crippen LogP) is 0.548. The van der Waals surface area contributed by atoms with Crippen molar-refractivity contribution in [3.05, 3.63) is 37.2 Å². The lowest BCUT2D eigenvalue weighted by atomic mass is 10.4. The quantitative estimate of drug-likeness (QED) is 0.698. The molecule has 0 aliphatic rings. The van der Waals surface area contributed by atoms with Crippen molar-refractivity contribution in [3.8, 4) is 0 Å². The molecular formula is C7H7N5. The van der Waals surface area contributed by atoms with E-state index in [1.807, 2.05) is 12.1 Å². The number of nitrogens with zero attached hydrogens (tertiary/aromatic N) is 4. The van der Waals surface area contributed by atoms with Crippen molar-refractivity contribution in [2.24, 2.45) is 0 Å². The monoisotopic (exact) mass is 161 g/mol. The first-order chi connectivity index (χ1) is 5.95. The molecule has 0 radical (unpaired) electrons. The van der Waals surface area contributed by atoms with Gasteiger partial charge in [0.05, 0.1) is 5.69 Å². The van der Waals surface area contributed by atoms with Crippen molar-refractivity contribution < 1.29 is 0 Å². The highest BCUT2D eigenvalue weighted by Crippen LogP contribution is 2.02. The van der Waals surface area contributed by atoms with E-state index < -0.39 is 0 Å². The third-order valence-corrected chi connectivity index (χ3v) is 1.36. The van der Waals surface area contributed by atoms with Gasteiger partial charge in [0.1, 0.15) is 12.7 Å². The fourth-order valence-corrected chi connectivity index (χ4v) is 0.834. The van der Waals surface area contributed by atoms with Gasteiger partial charge in [-0.1, -0.05) is 0 Å². The minimum absolute atomic E-state index is 0.949. The van der Waals surface area contributed by atoms with Gasteiger partial charge in [0.15, 0.2) is 0 Å². The van der Waals surface area contributed by atoms with Crippen molar-refractivity contribution in [1.29, 1.82) is 0 Å². The summed E-state index contributed by atoms with van der Waals surface area (Å²) in [5.41, 5.74) is 3.98. The minimum Gasteiger partial charge on any atom is -0.292 e. The van der Waals surface area contributed by atoms with E-state index in [2.05, 4.69) is 20.6 Å². The molecule has 2 aromatic heterocycles. The Kier molecular flexibility index (Phi) is 1.69. The molecule has 0 fully saturated rings. The lowest BCUT2D eigenvalue weighted by molar-refractivity contribution is 0.950. The van der Waals surface area contributed by atoms with Crippen LogP contribution in [0, 0.1) is 0 Å². The Bertz CT molecular complexity index is 328. The zero-order valence-corrected chi connectivity index (χ0v) is 6.25. The van der Waals surface area contributed by atoms with Gasteiger partial charge >= 0.3 is 0 Å². The lowest BCUT2D eigenvalue weighted by Gasteiger charge is -2.03. The molecule has 0 atom stereocenters. The summed E-state index contributed by atoms with van der Waals surface area (Å²) in [6.45, 7) is 0. The maximum Gasteiger partial charge on any atom is 0.139 e. The molecule has 0 amide bonds. The topological polar surface area (TPSA) is 55.6 Å². The van der Waals surface area contributed by atoms with Gasteiger partial charge in [0.2, 0.25) is 0 Å². The number of hydrogen-bond donors (Lipinski definition) is 1. The molecular weight excluding hydrogens is 154 g/mol. The molecule has 0 saturated heterocycles. The molecule has 1 N–H and O–H groups in total. The Labute approximate surface area is 69.1 Å². The van der Waals surface area contributed by atoms with Crippen LogP contribution < -0.4 is 5.43 Å². The van der Waals surface area contributed by atoms with E-state index in [9.17, 15) is 0 Å². The van der Waals surface area contributed by atoms with Gasteiger partial charge < -0.3 is 0 Å². The molecule has 0 aliphatic heterocycles. The second-order valence-corrected chi connectivity index (χ2v) is 2.22. The fourth-order valence-electron chi connectivity index (χ4n) is 0.834. The summed E-state index contributed by atoms with van der Waals surface area (Å²) in [6.07, 6.45) is 6.60. The van der Waals surface area contributed by atoms with E-state index in [4.69, 9.17) is 0 Å². The van der Waals surface area contributed by atoms with Crippen molar-refractivity contribution in [2.45, 2.75) is 0 Å². The minimum atomic E-state index is 0.949. The van der Waals surface area contributed by atoms with E-state index >= 15 is 0 Å². The first-order valence-corrected chi connectivity index (χ1v) is 3.47. The Morgan fingerprint density at radius 1 is 1.08 bits per heavy atom. The second-order valence-electron chi connectivity index (χ2n) is 2.22. The van der Waals surface area contributed by atoms with Crippen molar-refractivity contribution >= 4 is 5.69 Å². The normalized spacial score (nSPS) is 9.67. The largest absolute Gasteiger partial charge is 0.292 e. The van der Waals surface area contributed by atoms with Crippen LogP contribution in [0.15, 0.2) is 37.2 Å². The highest BCUT2D eigenvalue weighted by molar-refractivity contribution is 5.39. The molecule has 0 bridgehead atoms. The third kappa shape index (κ3) is 1.39. The van der Waals surface area contributed by atoms with Crippen LogP contribution in [0.3, 0.4) is 0 Å². The van der Waals surface area contributed by atoms with E-state index in [0.29, 0.717) is 0 Å². The van der Waals surface area contributed by atoms with E-state index in [0.717, 1.165) is 5.69 Å². The van der Waals surface area contributed by atoms with Crippen LogP contribution in [0.1, 0.15) is 0 Å². The molecule has 2 heterocycles. The van der Waals surface area contributed by atoms with Crippen molar-refractivity contribution in [1.82, 2.24) is 19.9 Å². The summed E-state index contributed by atoms with van der Waals surface area (Å²) in [6, 6.07) is 3.72. The Morgan fingerprint density at radius 2 is 1.75 bits per heavy atom. The molecule has 0 aliphatic carbocycles. The van der Waals surface area contributed by atoms with Gasteiger partial charge in [0, 0.05) is 12.4 Å². The number of aromatic nitrogens is 4. The maximum atomic E-state index is 3.89. The van der Waals surface area contributed by atoms with Crippen LogP contribution >= 0.6 is 0 Å². The van der Waals surface area contributed by atoms with Crippen molar-refractivity contribution in [2.75, 3.05) is 5.43 Å². The Hall–Kier alpha value is -1.91. The van der Waals surface area contributed by atoms with Gasteiger partial charge in [-0.15, -0.1) is 10.2 Å². The van der Waals surface area contributed by atoms with Gasteiger partial charge in [-0.25, -0.2) is 4.68 Å². The van der Waals surface area contributed by atoms with Crippen LogP contribution in [0.2, 0.25) is 0 Å². The molecule has 0 unspecified atom stereocenters. The Morgan fingerprint density at radius 3 is 2.42 bits per heavy atom. The van der Waals surface area contributed by atoms with Gasteiger partial charge in [-0.05, 0) is 12.1 Å². The molecule has 2 aromatic rings. The molecule has 5 heteroatoms. The average molecular weight is 161 g/mol. The summed E-state index contributed by atoms with van der Waals surface area (Å²) in [4.78, 5) is 3.89. The van der Waals surface area contributed by atoms with Crippen LogP contribution in [-0.2, 0) is 0 Å². The predicted molar refractivity (Wildman–Crippen MR) is 43.3 cm³/mol. The highest BCUT2D eigenvalue weighted by Gasteiger charge is 1.89. The summed E-state index contributed by atoms with van der Waals surface area (Å²) >= 11 is 0. The second kappa shape index (κ2) is 3.00. The zero-order valence-electron chi connectivity index (χ0n) is 6.25. The van der Waals surface area contributed by atoms with Gasteiger partial charge in [-0.3, -0.25) is 10.4 Å². The zero-order chi connectivity index (χ0) is 8.23. The number of nitrogens with one attached hydrogen (secondary N) is 1. The molecule has 0 aromatic carbocycles. The lowest BCUT2D eigenvalue weighted by Crippen LogP contribution is -2.05. The van der Waals surface area contributed by atoms with E-state index in [-0.39, 0.29) is 0 Å². The molecule has 12 heavy (non-hydrogen) atoms. The molecule has 0 saturated carbocycles. The van der Waals surface area contributed by atoms with Crippen molar-refractivity contribution in [3.63, 3.8) is 0 Å². The smallest absolute Gasteiger partial charge is 0.139 e. The first kappa shape index (κ1) is 6.78. The standard InChI is InChI=1S/C7H7N5/c1-3-8-4-2-7(1)11-12-5-9-10-6-12/h1-6H,(H,8,11). The molecule has 2 rings (SSSR count). The fraction of sp³-hybridized carbons (Fsp3) is 0. The van der Waals surface area contributed by atoms with E-state index in [1.54, 1.807) is 29.7 Å². The molecule has 5 nitrogen and oxygen atoms in total. The van der Waals surface area contributed by atoms with Crippen LogP contribution in [0.25, 0.3) is 0 Å². The summed E-state index contributed by atoms with van der Waals surface area (Å²) in [5.74, 6) is 0. The summed E-state index contributed by atoms with van der Waals surface area (Å²) < 4.78 is 1.66. The van der Waals surface area contributed by atoms with Crippen LogP contribution in [0.5, 0.6) is 0 Å². The maximum absolute atomic E-state index is 3.89.